The van der Waals surface area contributed by atoms with E-state index >= 15 is 0 Å². The number of benzene rings is 1. The third-order valence-corrected chi connectivity index (χ3v) is 7.10. The summed E-state index contributed by atoms with van der Waals surface area (Å²) in [7, 11) is 1.97. The zero-order chi connectivity index (χ0) is 23.5. The molecular weight excluding hydrogens is 446 g/mol. The van der Waals surface area contributed by atoms with E-state index in [9.17, 15) is 4.79 Å². The average molecular weight is 474 g/mol. The van der Waals surface area contributed by atoms with Crippen LogP contribution in [0.1, 0.15) is 23.4 Å². The van der Waals surface area contributed by atoms with Crippen LogP contribution in [0.25, 0.3) is 21.9 Å². The Labute approximate surface area is 202 Å². The lowest BCUT2D eigenvalue weighted by atomic mass is 10.0. The third kappa shape index (κ3) is 4.57. The van der Waals surface area contributed by atoms with Crippen molar-refractivity contribution in [1.82, 2.24) is 25.8 Å². The quantitative estimate of drug-likeness (QED) is 0.378. The molecule has 1 fully saturated rings. The third-order valence-electron chi connectivity index (χ3n) is 5.99. The van der Waals surface area contributed by atoms with Crippen LogP contribution in [0.2, 0.25) is 0 Å². The molecule has 34 heavy (non-hydrogen) atoms. The van der Waals surface area contributed by atoms with Crippen molar-refractivity contribution < 1.29 is 4.79 Å². The van der Waals surface area contributed by atoms with Gasteiger partial charge in [-0.15, -0.1) is 16.4 Å². The molecule has 0 spiro atoms. The van der Waals surface area contributed by atoms with Gasteiger partial charge in [0.1, 0.15) is 5.82 Å². The molecule has 0 unspecified atom stereocenters. The van der Waals surface area contributed by atoms with E-state index in [4.69, 9.17) is 0 Å². The summed E-state index contributed by atoms with van der Waals surface area (Å²) in [6, 6.07) is 12.8. The highest BCUT2D eigenvalue weighted by molar-refractivity contribution is 7.10. The average Bonchev–Trinajstić information content (AvgIpc) is 3.35. The highest BCUT2D eigenvalue weighted by atomic mass is 32.1. The zero-order valence-corrected chi connectivity index (χ0v) is 20.0. The number of aromatic nitrogens is 3. The summed E-state index contributed by atoms with van der Waals surface area (Å²) in [5, 5.41) is 22.3. The summed E-state index contributed by atoms with van der Waals surface area (Å²) >= 11 is 1.73. The van der Waals surface area contributed by atoms with Gasteiger partial charge in [-0.3, -0.25) is 4.79 Å². The number of carbonyl (C=O) groups excluding carboxylic acids is 1. The maximum atomic E-state index is 11.8. The first-order valence-corrected chi connectivity index (χ1v) is 12.2. The number of anilines is 2. The second-order valence-electron chi connectivity index (χ2n) is 8.39. The van der Waals surface area contributed by atoms with Crippen LogP contribution in [0, 0.1) is 0 Å². The number of piperazine rings is 1. The lowest BCUT2D eigenvalue weighted by Gasteiger charge is -2.27. The van der Waals surface area contributed by atoms with E-state index in [1.807, 2.05) is 18.0 Å². The SMILES string of the molecule is CNCc1ccccc1-c1csc([C@@H](C)Nc2nncc3cnc(N4CCNC(=O)C4)cc23)c1. The van der Waals surface area contributed by atoms with Gasteiger partial charge in [0.15, 0.2) is 5.82 Å². The molecule has 3 aromatic heterocycles. The van der Waals surface area contributed by atoms with Crippen molar-refractivity contribution in [1.29, 1.82) is 0 Å². The highest BCUT2D eigenvalue weighted by Crippen LogP contribution is 2.33. The molecule has 0 aliphatic carbocycles. The summed E-state index contributed by atoms with van der Waals surface area (Å²) in [4.78, 5) is 19.6. The van der Waals surface area contributed by atoms with Crippen molar-refractivity contribution in [3.8, 4) is 11.1 Å². The van der Waals surface area contributed by atoms with Gasteiger partial charge in [-0.25, -0.2) is 4.98 Å². The van der Waals surface area contributed by atoms with Gasteiger partial charge >= 0.3 is 0 Å². The fraction of sp³-hybridized carbons (Fsp3) is 0.280. The lowest BCUT2D eigenvalue weighted by molar-refractivity contribution is -0.120. The molecule has 8 nitrogen and oxygen atoms in total. The molecule has 4 aromatic rings. The van der Waals surface area contributed by atoms with Crippen molar-refractivity contribution in [3.05, 3.63) is 64.6 Å². The molecule has 1 aromatic carbocycles. The van der Waals surface area contributed by atoms with Crippen LogP contribution in [0.3, 0.4) is 0 Å². The van der Waals surface area contributed by atoms with Gasteiger partial charge in [-0.2, -0.15) is 5.10 Å². The number of amides is 1. The standard InChI is InChI=1S/C25H27N7OS/c1-16(22-9-18(15-34-22)20-6-4-3-5-17(20)11-26-2)30-25-21-10-23(28-12-19(21)13-29-31-25)32-8-7-27-24(33)14-32/h3-6,9-10,12-13,15-16,26H,7-8,11,14H2,1-2H3,(H,27,33)(H,30,31)/t16-/m1/s1. The van der Waals surface area contributed by atoms with Gasteiger partial charge in [-0.05, 0) is 48.2 Å². The molecule has 1 aliphatic heterocycles. The fourth-order valence-corrected chi connectivity index (χ4v) is 5.14. The second-order valence-corrected chi connectivity index (χ2v) is 9.33. The number of hydrogen-bond acceptors (Lipinski definition) is 8. The van der Waals surface area contributed by atoms with E-state index in [-0.39, 0.29) is 11.9 Å². The van der Waals surface area contributed by atoms with Crippen LogP contribution in [0.4, 0.5) is 11.6 Å². The number of hydrogen-bond donors (Lipinski definition) is 3. The molecule has 0 saturated carbocycles. The Morgan fingerprint density at radius 2 is 2.12 bits per heavy atom. The van der Waals surface area contributed by atoms with E-state index in [0.717, 1.165) is 29.7 Å². The van der Waals surface area contributed by atoms with Gasteiger partial charge in [0.05, 0.1) is 18.8 Å². The predicted octanol–water partition coefficient (Wildman–Crippen LogP) is 3.58. The minimum atomic E-state index is 0.0118. The van der Waals surface area contributed by atoms with Crippen molar-refractivity contribution in [2.75, 3.05) is 36.9 Å². The topological polar surface area (TPSA) is 95.1 Å². The first kappa shape index (κ1) is 22.2. The number of nitrogens with one attached hydrogen (secondary N) is 3. The minimum absolute atomic E-state index is 0.0118. The van der Waals surface area contributed by atoms with Crippen molar-refractivity contribution in [3.63, 3.8) is 0 Å². The molecule has 1 aliphatic rings. The largest absolute Gasteiger partial charge is 0.361 e. The molecule has 9 heteroatoms. The Kier molecular flexibility index (Phi) is 6.37. The van der Waals surface area contributed by atoms with Crippen LogP contribution in [-0.4, -0.2) is 47.8 Å². The monoisotopic (exact) mass is 473 g/mol. The first-order chi connectivity index (χ1) is 16.6. The van der Waals surface area contributed by atoms with Gasteiger partial charge in [0.25, 0.3) is 0 Å². The van der Waals surface area contributed by atoms with Crippen LogP contribution < -0.4 is 20.9 Å². The molecule has 1 saturated heterocycles. The maximum Gasteiger partial charge on any atom is 0.239 e. The van der Waals surface area contributed by atoms with Gasteiger partial charge in [0.2, 0.25) is 5.91 Å². The van der Waals surface area contributed by atoms with Crippen LogP contribution in [0.15, 0.2) is 54.2 Å². The highest BCUT2D eigenvalue weighted by Gasteiger charge is 2.19. The lowest BCUT2D eigenvalue weighted by Crippen LogP contribution is -2.48. The smallest absolute Gasteiger partial charge is 0.239 e. The summed E-state index contributed by atoms with van der Waals surface area (Å²) in [6.45, 7) is 4.62. The van der Waals surface area contributed by atoms with Crippen molar-refractivity contribution in [2.24, 2.45) is 0 Å². The van der Waals surface area contributed by atoms with Crippen LogP contribution in [-0.2, 0) is 11.3 Å². The Morgan fingerprint density at radius 1 is 1.24 bits per heavy atom. The fourth-order valence-electron chi connectivity index (χ4n) is 4.22. The summed E-state index contributed by atoms with van der Waals surface area (Å²) < 4.78 is 0. The van der Waals surface area contributed by atoms with E-state index in [1.54, 1.807) is 23.7 Å². The van der Waals surface area contributed by atoms with Gasteiger partial charge in [-0.1, -0.05) is 24.3 Å². The first-order valence-electron chi connectivity index (χ1n) is 11.3. The summed E-state index contributed by atoms with van der Waals surface area (Å²) in [6.07, 6.45) is 3.51. The molecule has 1 atom stereocenters. The number of nitrogens with zero attached hydrogens (tertiary/aromatic N) is 4. The molecule has 174 valence electrons. The van der Waals surface area contributed by atoms with E-state index in [2.05, 4.69) is 73.8 Å². The van der Waals surface area contributed by atoms with Crippen LogP contribution in [0.5, 0.6) is 0 Å². The molecule has 0 radical (unpaired) electrons. The van der Waals surface area contributed by atoms with E-state index in [1.165, 1.54) is 21.6 Å². The van der Waals surface area contributed by atoms with Crippen molar-refractivity contribution in [2.45, 2.75) is 19.5 Å². The normalized spacial score (nSPS) is 14.8. The Bertz CT molecular complexity index is 1320. The molecule has 3 N–H and O–H groups in total. The number of rotatable bonds is 7. The minimum Gasteiger partial charge on any atom is -0.361 e. The zero-order valence-electron chi connectivity index (χ0n) is 19.2. The Balaban J connectivity index is 1.40. The molecule has 1 amide bonds. The van der Waals surface area contributed by atoms with Crippen molar-refractivity contribution >= 4 is 39.7 Å². The van der Waals surface area contributed by atoms with Gasteiger partial charge in [0, 0.05) is 41.5 Å². The molecule has 5 rings (SSSR count). The predicted molar refractivity (Wildman–Crippen MR) is 137 cm³/mol. The molecule has 0 bridgehead atoms. The Morgan fingerprint density at radius 3 is 2.97 bits per heavy atom. The molecular formula is C25H27N7OS. The summed E-state index contributed by atoms with van der Waals surface area (Å²) in [5.74, 6) is 1.49. The molecule has 4 heterocycles. The van der Waals surface area contributed by atoms with Gasteiger partial charge < -0.3 is 20.9 Å². The second kappa shape index (κ2) is 9.74. The summed E-state index contributed by atoms with van der Waals surface area (Å²) in [5.41, 5.74) is 3.75. The number of fused-ring (bicyclic) bond motifs is 1. The van der Waals surface area contributed by atoms with E-state index < -0.39 is 0 Å². The number of pyridine rings is 1. The number of thiophene rings is 1. The Hall–Kier alpha value is -3.56. The number of carbonyl (C=O) groups is 1. The van der Waals surface area contributed by atoms with E-state index in [0.29, 0.717) is 18.9 Å². The van der Waals surface area contributed by atoms with Crippen LogP contribution >= 0.6 is 11.3 Å². The maximum absolute atomic E-state index is 11.8.